The molecule has 0 radical (unpaired) electrons. The molecule has 0 saturated heterocycles. The van der Waals surface area contributed by atoms with E-state index in [0.29, 0.717) is 0 Å². The van der Waals surface area contributed by atoms with Crippen molar-refractivity contribution in [3.63, 3.8) is 0 Å². The van der Waals surface area contributed by atoms with Crippen molar-refractivity contribution in [2.45, 2.75) is 19.8 Å². The number of aromatic carboxylic acids is 1. The molecule has 0 fully saturated rings. The maximum absolute atomic E-state index is 10.5. The Morgan fingerprint density at radius 2 is 2.36 bits per heavy atom. The first kappa shape index (κ1) is 8.20. The lowest BCUT2D eigenvalue weighted by atomic mass is 10.1. The molecule has 11 heavy (non-hydrogen) atoms. The molecule has 0 atom stereocenters. The smallest absolute Gasteiger partial charge is 0.355 e. The number of carbonyl (C=O) groups is 1. The Labute approximate surface area is 68.8 Å². The van der Waals surface area contributed by atoms with E-state index in [0.717, 1.165) is 5.56 Å². The van der Waals surface area contributed by atoms with Crippen LogP contribution in [0.3, 0.4) is 0 Å². The summed E-state index contributed by atoms with van der Waals surface area (Å²) in [5, 5.41) is 10.4. The van der Waals surface area contributed by atoms with Crippen LogP contribution in [-0.4, -0.2) is 15.4 Å². The molecule has 0 aromatic carbocycles. The number of carboxylic acid groups (broad SMARTS) is 1. The van der Waals surface area contributed by atoms with Gasteiger partial charge < -0.3 is 5.11 Å². The van der Waals surface area contributed by atoms with Crippen LogP contribution in [0.1, 0.15) is 35.8 Å². The van der Waals surface area contributed by atoms with Crippen molar-refractivity contribution in [1.82, 2.24) is 4.37 Å². The summed E-state index contributed by atoms with van der Waals surface area (Å²) in [5.41, 5.74) is 1.02. The van der Waals surface area contributed by atoms with Gasteiger partial charge in [0.15, 0.2) is 5.69 Å². The van der Waals surface area contributed by atoms with E-state index in [2.05, 4.69) is 4.37 Å². The van der Waals surface area contributed by atoms with Crippen molar-refractivity contribution in [2.24, 2.45) is 0 Å². The first-order valence-corrected chi connectivity index (χ1v) is 4.14. The van der Waals surface area contributed by atoms with Crippen LogP contribution in [0.5, 0.6) is 0 Å². The number of aromatic nitrogens is 1. The first-order chi connectivity index (χ1) is 5.13. The third-order valence-electron chi connectivity index (χ3n) is 1.42. The van der Waals surface area contributed by atoms with E-state index >= 15 is 0 Å². The first-order valence-electron chi connectivity index (χ1n) is 3.30. The summed E-state index contributed by atoms with van der Waals surface area (Å²) in [6.07, 6.45) is 0. The van der Waals surface area contributed by atoms with Crippen molar-refractivity contribution >= 4 is 17.5 Å². The molecule has 0 amide bonds. The van der Waals surface area contributed by atoms with E-state index < -0.39 is 5.97 Å². The SMILES string of the molecule is CC(C)c1csnc1C(=O)O. The van der Waals surface area contributed by atoms with Crippen LogP contribution in [-0.2, 0) is 0 Å². The van der Waals surface area contributed by atoms with Gasteiger partial charge in [-0.05, 0) is 17.5 Å². The molecule has 0 unspecified atom stereocenters. The topological polar surface area (TPSA) is 50.2 Å². The van der Waals surface area contributed by atoms with Gasteiger partial charge >= 0.3 is 5.97 Å². The molecule has 0 aliphatic carbocycles. The van der Waals surface area contributed by atoms with Crippen LogP contribution in [0.2, 0.25) is 0 Å². The Balaban J connectivity index is 3.06. The van der Waals surface area contributed by atoms with E-state index in [4.69, 9.17) is 5.11 Å². The molecule has 0 saturated carbocycles. The molecule has 60 valence electrons. The Morgan fingerprint density at radius 1 is 1.73 bits per heavy atom. The lowest BCUT2D eigenvalue weighted by Gasteiger charge is -2.00. The van der Waals surface area contributed by atoms with E-state index in [1.807, 2.05) is 13.8 Å². The van der Waals surface area contributed by atoms with Gasteiger partial charge in [0.2, 0.25) is 0 Å². The van der Waals surface area contributed by atoms with Gasteiger partial charge in [0.05, 0.1) is 0 Å². The third kappa shape index (κ3) is 1.57. The Hall–Kier alpha value is -0.900. The molecular formula is C7H9NO2S. The fraction of sp³-hybridized carbons (Fsp3) is 0.429. The number of rotatable bonds is 2. The number of nitrogens with zero attached hydrogens (tertiary/aromatic N) is 1. The van der Waals surface area contributed by atoms with E-state index in [-0.39, 0.29) is 11.6 Å². The Morgan fingerprint density at radius 3 is 2.73 bits per heavy atom. The van der Waals surface area contributed by atoms with Gasteiger partial charge in [0.25, 0.3) is 0 Å². The van der Waals surface area contributed by atoms with Crippen LogP contribution in [0.25, 0.3) is 0 Å². The molecule has 1 aromatic rings. The van der Waals surface area contributed by atoms with Crippen LogP contribution in [0, 0.1) is 0 Å². The summed E-state index contributed by atoms with van der Waals surface area (Å²) in [5.74, 6) is -0.699. The molecule has 0 spiro atoms. The molecule has 4 heteroatoms. The summed E-state index contributed by atoms with van der Waals surface area (Å²) in [6, 6.07) is 0. The largest absolute Gasteiger partial charge is 0.476 e. The zero-order valence-corrected chi connectivity index (χ0v) is 7.18. The fourth-order valence-electron chi connectivity index (χ4n) is 0.816. The van der Waals surface area contributed by atoms with Crippen molar-refractivity contribution < 1.29 is 9.90 Å². The quantitative estimate of drug-likeness (QED) is 0.740. The van der Waals surface area contributed by atoms with Gasteiger partial charge in [0.1, 0.15) is 0 Å². The standard InChI is InChI=1S/C7H9NO2S/c1-4(2)5-3-11-8-6(5)7(9)10/h3-4H,1-2H3,(H,9,10). The number of hydrogen-bond donors (Lipinski definition) is 1. The van der Waals surface area contributed by atoms with Gasteiger partial charge in [-0.15, -0.1) is 0 Å². The second kappa shape index (κ2) is 3.00. The fourth-order valence-corrected chi connectivity index (χ4v) is 1.66. The van der Waals surface area contributed by atoms with E-state index in [9.17, 15) is 4.79 Å². The van der Waals surface area contributed by atoms with Crippen LogP contribution >= 0.6 is 11.5 Å². The molecule has 3 nitrogen and oxygen atoms in total. The molecule has 1 heterocycles. The second-order valence-corrected chi connectivity index (χ2v) is 3.21. The predicted molar refractivity (Wildman–Crippen MR) is 43.2 cm³/mol. The minimum Gasteiger partial charge on any atom is -0.476 e. The second-order valence-electron chi connectivity index (χ2n) is 2.58. The van der Waals surface area contributed by atoms with Crippen molar-refractivity contribution in [1.29, 1.82) is 0 Å². The van der Waals surface area contributed by atoms with Gasteiger partial charge in [-0.1, -0.05) is 13.8 Å². The summed E-state index contributed by atoms with van der Waals surface area (Å²) in [4.78, 5) is 10.5. The average Bonchev–Trinajstić information content (AvgIpc) is 2.32. The lowest BCUT2D eigenvalue weighted by molar-refractivity contribution is 0.0690. The monoisotopic (exact) mass is 171 g/mol. The van der Waals surface area contributed by atoms with Gasteiger partial charge in [-0.2, -0.15) is 4.37 Å². The van der Waals surface area contributed by atoms with E-state index in [1.165, 1.54) is 11.5 Å². The van der Waals surface area contributed by atoms with Crippen molar-refractivity contribution in [2.75, 3.05) is 0 Å². The molecular weight excluding hydrogens is 162 g/mol. The highest BCUT2D eigenvalue weighted by Gasteiger charge is 2.14. The predicted octanol–water partition coefficient (Wildman–Crippen LogP) is 1.96. The Kier molecular flexibility index (Phi) is 2.24. The molecule has 0 aliphatic heterocycles. The van der Waals surface area contributed by atoms with Crippen molar-refractivity contribution in [3.8, 4) is 0 Å². The molecule has 1 aromatic heterocycles. The Bertz CT molecular complexity index is 267. The summed E-state index contributed by atoms with van der Waals surface area (Å²) in [7, 11) is 0. The third-order valence-corrected chi connectivity index (χ3v) is 2.07. The highest BCUT2D eigenvalue weighted by Crippen LogP contribution is 2.20. The van der Waals surface area contributed by atoms with Crippen LogP contribution < -0.4 is 0 Å². The van der Waals surface area contributed by atoms with Gasteiger partial charge in [0, 0.05) is 10.9 Å². The zero-order chi connectivity index (χ0) is 8.43. The van der Waals surface area contributed by atoms with Crippen molar-refractivity contribution in [3.05, 3.63) is 16.6 Å². The van der Waals surface area contributed by atoms with E-state index in [1.54, 1.807) is 5.38 Å². The molecule has 1 N–H and O–H groups in total. The van der Waals surface area contributed by atoms with Gasteiger partial charge in [-0.3, -0.25) is 0 Å². The summed E-state index contributed by atoms with van der Waals surface area (Å²) < 4.78 is 3.78. The normalized spacial score (nSPS) is 10.5. The number of hydrogen-bond acceptors (Lipinski definition) is 3. The van der Waals surface area contributed by atoms with Gasteiger partial charge in [-0.25, -0.2) is 4.79 Å². The zero-order valence-electron chi connectivity index (χ0n) is 6.37. The highest BCUT2D eigenvalue weighted by molar-refractivity contribution is 7.03. The number of carboxylic acids is 1. The van der Waals surface area contributed by atoms with Crippen LogP contribution in [0.4, 0.5) is 0 Å². The molecule has 0 bridgehead atoms. The highest BCUT2D eigenvalue weighted by atomic mass is 32.1. The molecule has 1 rings (SSSR count). The summed E-state index contributed by atoms with van der Waals surface area (Å²) in [6.45, 7) is 3.91. The maximum Gasteiger partial charge on any atom is 0.355 e. The maximum atomic E-state index is 10.5. The lowest BCUT2D eigenvalue weighted by Crippen LogP contribution is -2.01. The average molecular weight is 171 g/mol. The molecule has 0 aliphatic rings. The minimum absolute atomic E-state index is 0.199. The minimum atomic E-state index is -0.935. The summed E-state index contributed by atoms with van der Waals surface area (Å²) >= 11 is 1.19. The van der Waals surface area contributed by atoms with Crippen LogP contribution in [0.15, 0.2) is 5.38 Å².